The summed E-state index contributed by atoms with van der Waals surface area (Å²) in [5, 5.41) is 9.12. The zero-order valence-corrected chi connectivity index (χ0v) is 11.0. The molecule has 16 heavy (non-hydrogen) atoms. The zero-order valence-electron chi connectivity index (χ0n) is 9.34. The van der Waals surface area contributed by atoms with Crippen LogP contribution in [0.3, 0.4) is 0 Å². The van der Waals surface area contributed by atoms with Crippen molar-refractivity contribution < 1.29 is 8.42 Å². The summed E-state index contributed by atoms with van der Waals surface area (Å²) in [5.41, 5.74) is 0. The number of hydrogen-bond donors (Lipinski definition) is 2. The number of hydrogen-bond acceptors (Lipinski definition) is 5. The summed E-state index contributed by atoms with van der Waals surface area (Å²) in [5.74, 6) is 0. The van der Waals surface area contributed by atoms with Crippen molar-refractivity contribution in [2.45, 2.75) is 38.6 Å². The van der Waals surface area contributed by atoms with Gasteiger partial charge in [0.15, 0.2) is 0 Å². The van der Waals surface area contributed by atoms with Crippen molar-refractivity contribution in [3.8, 4) is 0 Å². The average Bonchev–Trinajstić information content (AvgIpc) is 2.62. The smallest absolute Gasteiger partial charge is 0.224 e. The molecule has 0 radical (unpaired) electrons. The molecule has 0 amide bonds. The maximum absolute atomic E-state index is 11.8. The van der Waals surface area contributed by atoms with Crippen molar-refractivity contribution in [3.05, 3.63) is 4.77 Å². The number of nitrogens with zero attached hydrogens (tertiary/aromatic N) is 3. The van der Waals surface area contributed by atoms with Crippen molar-refractivity contribution in [1.82, 2.24) is 24.9 Å². The second-order valence-electron chi connectivity index (χ2n) is 3.51. The molecule has 1 aromatic heterocycles. The molecule has 0 aliphatic rings. The number of nitrogens with one attached hydrogen (secondary N) is 2. The predicted octanol–water partition coefficient (Wildman–Crippen LogP) is 0.572. The Hall–Kier alpha value is -0.800. The number of aromatic amines is 1. The van der Waals surface area contributed by atoms with Gasteiger partial charge < -0.3 is 0 Å². The Morgan fingerprint density at radius 2 is 2.19 bits per heavy atom. The van der Waals surface area contributed by atoms with Gasteiger partial charge in [0, 0.05) is 0 Å². The number of H-pyrrole nitrogens is 1. The molecule has 0 aliphatic carbocycles. The summed E-state index contributed by atoms with van der Waals surface area (Å²) in [6.45, 7) is 5.13. The highest BCUT2D eigenvalue weighted by Crippen LogP contribution is 2.07. The third-order valence-electron chi connectivity index (χ3n) is 2.32. The first-order valence-electron chi connectivity index (χ1n) is 4.89. The number of aromatic nitrogens is 4. The quantitative estimate of drug-likeness (QED) is 0.759. The summed E-state index contributed by atoms with van der Waals surface area (Å²) in [6, 6.07) is 0. The standard InChI is InChI=1S/C7H15N5O2S2/c1-4-5(2)16(13,14)9-6(3)12-7(15)8-10-11-12/h5-6,9H,4H2,1-3H3,(H,8,11,15). The van der Waals surface area contributed by atoms with E-state index >= 15 is 0 Å². The Morgan fingerprint density at radius 3 is 2.62 bits per heavy atom. The Bertz CT molecular complexity index is 491. The Morgan fingerprint density at radius 1 is 1.56 bits per heavy atom. The number of sulfonamides is 1. The van der Waals surface area contributed by atoms with Crippen LogP contribution in [0, 0.1) is 4.77 Å². The van der Waals surface area contributed by atoms with E-state index in [2.05, 4.69) is 20.2 Å². The molecule has 0 fully saturated rings. The second kappa shape index (κ2) is 5.02. The van der Waals surface area contributed by atoms with Gasteiger partial charge in [-0.25, -0.2) is 13.1 Å². The summed E-state index contributed by atoms with van der Waals surface area (Å²) in [4.78, 5) is 0. The highest BCUT2D eigenvalue weighted by Gasteiger charge is 2.22. The normalized spacial score (nSPS) is 15.9. The highest BCUT2D eigenvalue weighted by atomic mass is 32.2. The first kappa shape index (κ1) is 13.3. The van der Waals surface area contributed by atoms with Gasteiger partial charge in [-0.15, -0.1) is 0 Å². The van der Waals surface area contributed by atoms with Crippen LogP contribution in [0.2, 0.25) is 0 Å². The van der Waals surface area contributed by atoms with Crippen molar-refractivity contribution in [2.75, 3.05) is 0 Å². The molecular formula is C7H15N5O2S2. The van der Waals surface area contributed by atoms with Gasteiger partial charge in [0.2, 0.25) is 14.8 Å². The van der Waals surface area contributed by atoms with Crippen LogP contribution < -0.4 is 4.72 Å². The van der Waals surface area contributed by atoms with Crippen LogP contribution in [-0.4, -0.2) is 33.9 Å². The van der Waals surface area contributed by atoms with Gasteiger partial charge in [-0.2, -0.15) is 9.94 Å². The van der Waals surface area contributed by atoms with E-state index < -0.39 is 21.4 Å². The number of tetrazole rings is 1. The molecule has 0 saturated heterocycles. The van der Waals surface area contributed by atoms with E-state index in [-0.39, 0.29) is 4.77 Å². The van der Waals surface area contributed by atoms with Gasteiger partial charge in [-0.3, -0.25) is 0 Å². The SMILES string of the molecule is CCC(C)S(=O)(=O)NC(C)n1[nH]nnc1=S. The fraction of sp³-hybridized carbons (Fsp3) is 0.857. The summed E-state index contributed by atoms with van der Waals surface area (Å²) in [7, 11) is -3.35. The van der Waals surface area contributed by atoms with Gasteiger partial charge >= 0.3 is 0 Å². The van der Waals surface area contributed by atoms with Crippen LogP contribution in [0.1, 0.15) is 33.4 Å². The molecule has 0 spiro atoms. The molecular weight excluding hydrogens is 250 g/mol. The van der Waals surface area contributed by atoms with Gasteiger partial charge in [0.1, 0.15) is 6.17 Å². The fourth-order valence-corrected chi connectivity index (χ4v) is 2.57. The summed E-state index contributed by atoms with van der Waals surface area (Å²) >= 11 is 4.87. The third-order valence-corrected chi connectivity index (χ3v) is 4.66. The molecule has 1 rings (SSSR count). The molecule has 2 unspecified atom stereocenters. The Labute approximate surface area is 99.3 Å². The highest BCUT2D eigenvalue weighted by molar-refractivity contribution is 7.90. The van der Waals surface area contributed by atoms with E-state index in [1.54, 1.807) is 13.8 Å². The zero-order chi connectivity index (χ0) is 12.3. The Balaban J connectivity index is 2.84. The monoisotopic (exact) mass is 265 g/mol. The average molecular weight is 265 g/mol. The molecule has 0 aromatic carbocycles. The molecule has 0 bridgehead atoms. The van der Waals surface area contributed by atoms with Crippen LogP contribution in [0.25, 0.3) is 0 Å². The number of rotatable bonds is 5. The second-order valence-corrected chi connectivity index (χ2v) is 6.01. The predicted molar refractivity (Wildman–Crippen MR) is 61.7 cm³/mol. The van der Waals surface area contributed by atoms with Crippen molar-refractivity contribution in [3.63, 3.8) is 0 Å². The summed E-state index contributed by atoms with van der Waals surface area (Å²) < 4.78 is 27.6. The topological polar surface area (TPSA) is 92.7 Å². The molecule has 9 heteroatoms. The van der Waals surface area contributed by atoms with Crippen molar-refractivity contribution >= 4 is 22.2 Å². The van der Waals surface area contributed by atoms with Crippen LogP contribution in [0.4, 0.5) is 0 Å². The van der Waals surface area contributed by atoms with Crippen LogP contribution >= 0.6 is 12.2 Å². The van der Waals surface area contributed by atoms with Gasteiger partial charge in [0.05, 0.1) is 5.25 Å². The minimum Gasteiger partial charge on any atom is -0.224 e. The van der Waals surface area contributed by atoms with E-state index in [1.807, 2.05) is 6.92 Å². The lowest BCUT2D eigenvalue weighted by Crippen LogP contribution is -2.36. The van der Waals surface area contributed by atoms with E-state index in [9.17, 15) is 8.42 Å². The molecule has 0 saturated carbocycles. The largest absolute Gasteiger partial charge is 0.239 e. The minimum absolute atomic E-state index is 0.208. The first-order valence-corrected chi connectivity index (χ1v) is 6.84. The third kappa shape index (κ3) is 2.86. The van der Waals surface area contributed by atoms with E-state index in [1.165, 1.54) is 4.68 Å². The van der Waals surface area contributed by atoms with Gasteiger partial charge in [-0.05, 0) is 32.5 Å². The minimum atomic E-state index is -3.35. The lowest BCUT2D eigenvalue weighted by molar-refractivity contribution is 0.437. The van der Waals surface area contributed by atoms with E-state index in [4.69, 9.17) is 12.2 Å². The Kier molecular flexibility index (Phi) is 4.16. The summed E-state index contributed by atoms with van der Waals surface area (Å²) in [6.07, 6.45) is 0.0239. The maximum Gasteiger partial charge on any atom is 0.239 e. The molecule has 0 aliphatic heterocycles. The van der Waals surface area contributed by atoms with Crippen LogP contribution in [0.5, 0.6) is 0 Å². The van der Waals surface area contributed by atoms with Crippen LogP contribution in [0.15, 0.2) is 0 Å². The van der Waals surface area contributed by atoms with Crippen LogP contribution in [-0.2, 0) is 10.0 Å². The lowest BCUT2D eigenvalue weighted by atomic mass is 10.4. The molecule has 92 valence electrons. The lowest BCUT2D eigenvalue weighted by Gasteiger charge is -2.17. The van der Waals surface area contributed by atoms with E-state index in [0.29, 0.717) is 6.42 Å². The van der Waals surface area contributed by atoms with Gasteiger partial charge in [0.25, 0.3) is 0 Å². The molecule has 1 heterocycles. The molecule has 2 atom stereocenters. The van der Waals surface area contributed by atoms with E-state index in [0.717, 1.165) is 0 Å². The first-order chi connectivity index (χ1) is 7.38. The fourth-order valence-electron chi connectivity index (χ4n) is 1.08. The van der Waals surface area contributed by atoms with Crippen molar-refractivity contribution in [2.24, 2.45) is 0 Å². The molecule has 7 nitrogen and oxygen atoms in total. The molecule has 1 aromatic rings. The van der Waals surface area contributed by atoms with Crippen molar-refractivity contribution in [1.29, 1.82) is 0 Å². The van der Waals surface area contributed by atoms with Gasteiger partial charge in [-0.1, -0.05) is 17.2 Å². The maximum atomic E-state index is 11.8. The molecule has 2 N–H and O–H groups in total.